The molecule has 0 bridgehead atoms. The number of carbonyl (C=O) groups is 2. The van der Waals surface area contributed by atoms with Crippen LogP contribution in [0.1, 0.15) is 12.8 Å². The SMILES string of the molecule is NCCCCS(=O)(=O)N(CC(N)=O)CC(N)=O. The highest BCUT2D eigenvalue weighted by atomic mass is 32.2. The average molecular weight is 266 g/mol. The maximum absolute atomic E-state index is 11.7. The Balaban J connectivity index is 4.64. The summed E-state index contributed by atoms with van der Waals surface area (Å²) in [6.07, 6.45) is 0.896. The van der Waals surface area contributed by atoms with Crippen molar-refractivity contribution in [2.75, 3.05) is 25.4 Å². The second-order valence-electron chi connectivity index (χ2n) is 3.51. The highest BCUT2D eigenvalue weighted by Crippen LogP contribution is 2.04. The van der Waals surface area contributed by atoms with Gasteiger partial charge >= 0.3 is 0 Å². The van der Waals surface area contributed by atoms with E-state index in [1.165, 1.54) is 0 Å². The van der Waals surface area contributed by atoms with Gasteiger partial charge in [-0.05, 0) is 19.4 Å². The molecule has 0 atom stereocenters. The third-order valence-corrected chi connectivity index (χ3v) is 3.76. The molecule has 17 heavy (non-hydrogen) atoms. The first-order valence-electron chi connectivity index (χ1n) is 5.04. The van der Waals surface area contributed by atoms with Crippen molar-refractivity contribution in [2.45, 2.75) is 12.8 Å². The van der Waals surface area contributed by atoms with Crippen molar-refractivity contribution in [1.29, 1.82) is 0 Å². The van der Waals surface area contributed by atoms with E-state index in [0.29, 0.717) is 23.7 Å². The summed E-state index contributed by atoms with van der Waals surface area (Å²) < 4.78 is 24.2. The van der Waals surface area contributed by atoms with Gasteiger partial charge < -0.3 is 17.2 Å². The lowest BCUT2D eigenvalue weighted by Gasteiger charge is -2.18. The van der Waals surface area contributed by atoms with Crippen LogP contribution in [0.3, 0.4) is 0 Å². The number of amides is 2. The van der Waals surface area contributed by atoms with Gasteiger partial charge in [0, 0.05) is 0 Å². The first kappa shape index (κ1) is 15.8. The molecule has 0 aliphatic heterocycles. The molecule has 8 nitrogen and oxygen atoms in total. The Bertz CT molecular complexity index is 352. The van der Waals surface area contributed by atoms with Gasteiger partial charge in [0.15, 0.2) is 0 Å². The lowest BCUT2D eigenvalue weighted by molar-refractivity contribution is -0.120. The van der Waals surface area contributed by atoms with Crippen molar-refractivity contribution in [3.63, 3.8) is 0 Å². The molecule has 0 aliphatic rings. The summed E-state index contributed by atoms with van der Waals surface area (Å²) in [5, 5.41) is 0. The summed E-state index contributed by atoms with van der Waals surface area (Å²) in [6.45, 7) is -0.719. The standard InChI is InChI=1S/C8H18N4O4S/c9-3-1-2-4-17(15,16)12(5-7(10)13)6-8(11)14/h1-6,9H2,(H2,10,13)(H2,11,14). The number of nitrogens with zero attached hydrogens (tertiary/aromatic N) is 1. The Morgan fingerprint density at radius 2 is 1.47 bits per heavy atom. The normalized spacial score (nSPS) is 11.6. The van der Waals surface area contributed by atoms with Gasteiger partial charge in [-0.25, -0.2) is 8.42 Å². The molecule has 6 N–H and O–H groups in total. The molecule has 0 spiro atoms. The number of sulfonamides is 1. The zero-order valence-electron chi connectivity index (χ0n) is 9.46. The van der Waals surface area contributed by atoms with E-state index in [0.717, 1.165) is 0 Å². The average Bonchev–Trinajstić information content (AvgIpc) is 2.15. The van der Waals surface area contributed by atoms with Crippen molar-refractivity contribution in [3.05, 3.63) is 0 Å². The number of rotatable bonds is 9. The monoisotopic (exact) mass is 266 g/mol. The third kappa shape index (κ3) is 6.87. The van der Waals surface area contributed by atoms with Gasteiger partial charge in [-0.2, -0.15) is 4.31 Å². The van der Waals surface area contributed by atoms with Crippen LogP contribution in [0.25, 0.3) is 0 Å². The second-order valence-corrected chi connectivity index (χ2v) is 5.60. The van der Waals surface area contributed by atoms with Crippen LogP contribution in [-0.4, -0.2) is 49.9 Å². The van der Waals surface area contributed by atoms with E-state index in [9.17, 15) is 18.0 Å². The first-order valence-corrected chi connectivity index (χ1v) is 6.65. The summed E-state index contributed by atoms with van der Waals surface area (Å²) >= 11 is 0. The molecule has 0 aromatic carbocycles. The molecule has 0 saturated carbocycles. The second kappa shape index (κ2) is 7.20. The molecular weight excluding hydrogens is 248 g/mol. The topological polar surface area (TPSA) is 150 Å². The number of hydrogen-bond donors (Lipinski definition) is 3. The number of carbonyl (C=O) groups excluding carboxylic acids is 2. The van der Waals surface area contributed by atoms with Gasteiger partial charge in [0.05, 0.1) is 18.8 Å². The fourth-order valence-corrected chi connectivity index (χ4v) is 2.63. The Hall–Kier alpha value is -1.19. The van der Waals surface area contributed by atoms with Crippen molar-refractivity contribution < 1.29 is 18.0 Å². The van der Waals surface area contributed by atoms with Gasteiger partial charge in [0.2, 0.25) is 21.8 Å². The Morgan fingerprint density at radius 3 is 1.82 bits per heavy atom. The quantitative estimate of drug-likeness (QED) is 0.389. The molecular formula is C8H18N4O4S. The highest BCUT2D eigenvalue weighted by molar-refractivity contribution is 7.89. The van der Waals surface area contributed by atoms with E-state index < -0.39 is 34.9 Å². The Morgan fingerprint density at radius 1 is 1.00 bits per heavy atom. The van der Waals surface area contributed by atoms with Crippen LogP contribution in [-0.2, 0) is 19.6 Å². The van der Waals surface area contributed by atoms with Crippen LogP contribution in [0.4, 0.5) is 0 Å². The van der Waals surface area contributed by atoms with Crippen molar-refractivity contribution in [1.82, 2.24) is 4.31 Å². The number of primary amides is 2. The van der Waals surface area contributed by atoms with Crippen molar-refractivity contribution in [2.24, 2.45) is 17.2 Å². The van der Waals surface area contributed by atoms with Crippen LogP contribution in [0, 0.1) is 0 Å². The van der Waals surface area contributed by atoms with Crippen LogP contribution in [0.15, 0.2) is 0 Å². The Kier molecular flexibility index (Phi) is 6.69. The van der Waals surface area contributed by atoms with Gasteiger partial charge in [0.1, 0.15) is 0 Å². The van der Waals surface area contributed by atoms with E-state index in [1.807, 2.05) is 0 Å². The summed E-state index contributed by atoms with van der Waals surface area (Å²) in [5.74, 6) is -1.87. The number of hydrogen-bond acceptors (Lipinski definition) is 5. The lowest BCUT2D eigenvalue weighted by atomic mass is 10.3. The molecule has 0 fully saturated rings. The lowest BCUT2D eigenvalue weighted by Crippen LogP contribution is -2.44. The minimum atomic E-state index is -3.71. The van der Waals surface area contributed by atoms with Gasteiger partial charge in [-0.3, -0.25) is 9.59 Å². The van der Waals surface area contributed by atoms with E-state index in [-0.39, 0.29) is 5.75 Å². The van der Waals surface area contributed by atoms with Gasteiger partial charge in [-0.15, -0.1) is 0 Å². The molecule has 0 rings (SSSR count). The first-order chi connectivity index (χ1) is 7.79. The summed E-state index contributed by atoms with van der Waals surface area (Å²) in [4.78, 5) is 21.4. The number of unbranched alkanes of at least 4 members (excludes halogenated alkanes) is 1. The van der Waals surface area contributed by atoms with E-state index in [1.54, 1.807) is 0 Å². The summed E-state index contributed by atoms with van der Waals surface area (Å²) in [5.41, 5.74) is 15.0. The summed E-state index contributed by atoms with van der Waals surface area (Å²) in [6, 6.07) is 0. The van der Waals surface area contributed by atoms with Crippen LogP contribution >= 0.6 is 0 Å². The maximum atomic E-state index is 11.7. The largest absolute Gasteiger partial charge is 0.369 e. The van der Waals surface area contributed by atoms with E-state index >= 15 is 0 Å². The predicted molar refractivity (Wildman–Crippen MR) is 62.0 cm³/mol. The fourth-order valence-electron chi connectivity index (χ4n) is 1.16. The van der Waals surface area contributed by atoms with Crippen LogP contribution in [0.2, 0.25) is 0 Å². The zero-order valence-corrected chi connectivity index (χ0v) is 10.3. The molecule has 0 radical (unpaired) electrons. The molecule has 0 heterocycles. The number of nitrogens with two attached hydrogens (primary N) is 3. The summed E-state index contributed by atoms with van der Waals surface area (Å²) in [7, 11) is -3.71. The molecule has 0 aliphatic carbocycles. The molecule has 2 amide bonds. The molecule has 0 aromatic rings. The zero-order chi connectivity index (χ0) is 13.5. The predicted octanol–water partition coefficient (Wildman–Crippen LogP) is -2.67. The van der Waals surface area contributed by atoms with E-state index in [4.69, 9.17) is 17.2 Å². The fraction of sp³-hybridized carbons (Fsp3) is 0.750. The van der Waals surface area contributed by atoms with E-state index in [2.05, 4.69) is 0 Å². The molecule has 0 saturated heterocycles. The van der Waals surface area contributed by atoms with Crippen LogP contribution in [0.5, 0.6) is 0 Å². The maximum Gasteiger partial charge on any atom is 0.232 e. The van der Waals surface area contributed by atoms with Gasteiger partial charge in [0.25, 0.3) is 0 Å². The van der Waals surface area contributed by atoms with Crippen LogP contribution < -0.4 is 17.2 Å². The smallest absolute Gasteiger partial charge is 0.232 e. The minimum absolute atomic E-state index is 0.190. The molecule has 9 heteroatoms. The Labute approximate surface area is 100 Å². The van der Waals surface area contributed by atoms with Gasteiger partial charge in [-0.1, -0.05) is 0 Å². The highest BCUT2D eigenvalue weighted by Gasteiger charge is 2.24. The van der Waals surface area contributed by atoms with Crippen molar-refractivity contribution in [3.8, 4) is 0 Å². The minimum Gasteiger partial charge on any atom is -0.369 e. The molecule has 0 aromatic heterocycles. The third-order valence-electron chi connectivity index (χ3n) is 1.91. The molecule has 100 valence electrons. The van der Waals surface area contributed by atoms with Crippen molar-refractivity contribution >= 4 is 21.8 Å². The molecule has 0 unspecified atom stereocenters.